The van der Waals surface area contributed by atoms with Crippen LogP contribution in [0.25, 0.3) is 0 Å². The van der Waals surface area contributed by atoms with Gasteiger partial charge < -0.3 is 0 Å². The van der Waals surface area contributed by atoms with Gasteiger partial charge in [0.25, 0.3) is 0 Å². The van der Waals surface area contributed by atoms with E-state index >= 15 is 0 Å². The van der Waals surface area contributed by atoms with Gasteiger partial charge in [-0.2, -0.15) is 10.2 Å². The Balaban J connectivity index is 2.18. The molecule has 226 valence electrons. The lowest BCUT2D eigenvalue weighted by Gasteiger charge is -2.10. The van der Waals surface area contributed by atoms with Crippen LogP contribution in [0.15, 0.2) is 68.7 Å². The number of nitrogens with one attached hydrogen (secondary N) is 2. The fraction of sp³-hybridized carbons (Fsp3) is 0.471. The number of ketones is 2. The number of carbonyl (C=O) groups excluding carboxylic acids is 2. The maximum Gasteiger partial charge on any atom is 0.185 e. The van der Waals surface area contributed by atoms with Gasteiger partial charge in [-0.25, -0.2) is 0 Å². The molecule has 0 saturated carbocycles. The first-order chi connectivity index (χ1) is 20.0. The second-order valence-electron chi connectivity index (χ2n) is 11.2. The molecule has 0 aromatic heterocycles. The highest BCUT2D eigenvalue weighted by molar-refractivity contribution is 6.67. The average molecular weight is 573 g/mol. The highest BCUT2D eigenvalue weighted by Crippen LogP contribution is 2.12. The smallest absolute Gasteiger partial charge is 0.185 e. The molecule has 0 aliphatic rings. The molecule has 0 aliphatic heterocycles. The van der Waals surface area contributed by atoms with Gasteiger partial charge in [-0.3, -0.25) is 30.4 Å². The van der Waals surface area contributed by atoms with Gasteiger partial charge >= 0.3 is 0 Å². The van der Waals surface area contributed by atoms with Gasteiger partial charge in [-0.15, -0.1) is 0 Å². The van der Waals surface area contributed by atoms with Crippen molar-refractivity contribution in [2.75, 3.05) is 23.9 Å². The molecule has 2 rings (SSSR count). The largest absolute Gasteiger partial charge is 0.292 e. The van der Waals surface area contributed by atoms with Crippen molar-refractivity contribution in [1.82, 2.24) is 0 Å². The highest BCUT2D eigenvalue weighted by Gasteiger charge is 2.18. The number of anilines is 2. The van der Waals surface area contributed by atoms with Gasteiger partial charge in [0.15, 0.2) is 11.6 Å². The summed E-state index contributed by atoms with van der Waals surface area (Å²) in [5.41, 5.74) is 11.8. The molecule has 0 aliphatic carbocycles. The Morgan fingerprint density at radius 1 is 0.619 bits per heavy atom. The maximum absolute atomic E-state index is 13.0. The van der Waals surface area contributed by atoms with Crippen molar-refractivity contribution < 1.29 is 9.59 Å². The van der Waals surface area contributed by atoms with Crippen LogP contribution in [0.4, 0.5) is 11.4 Å². The first-order valence-corrected chi connectivity index (χ1v) is 15.0. The maximum atomic E-state index is 13.0. The van der Waals surface area contributed by atoms with Crippen LogP contribution in [-0.2, 0) is 22.4 Å². The predicted octanol–water partition coefficient (Wildman–Crippen LogP) is 7.20. The first kappa shape index (κ1) is 34.3. The van der Waals surface area contributed by atoms with Crippen LogP contribution >= 0.6 is 0 Å². The van der Waals surface area contributed by atoms with E-state index in [1.807, 2.05) is 76.2 Å². The van der Waals surface area contributed by atoms with Crippen LogP contribution in [0.1, 0.15) is 79.4 Å². The molecule has 0 fully saturated rings. The molecular formula is C34H48N6O2. The summed E-state index contributed by atoms with van der Waals surface area (Å²) in [4.78, 5) is 35.2. The second-order valence-corrected chi connectivity index (χ2v) is 11.2. The van der Waals surface area contributed by atoms with Crippen LogP contribution in [0.3, 0.4) is 0 Å². The minimum Gasteiger partial charge on any atom is -0.292 e. The molecule has 42 heavy (non-hydrogen) atoms. The van der Waals surface area contributed by atoms with E-state index in [2.05, 4.69) is 44.9 Å². The topological polar surface area (TPSA) is 108 Å². The summed E-state index contributed by atoms with van der Waals surface area (Å²) >= 11 is 0. The summed E-state index contributed by atoms with van der Waals surface area (Å²) < 4.78 is 0. The number of aliphatic imine (C=N–C) groups is 2. The molecule has 0 saturated heterocycles. The summed E-state index contributed by atoms with van der Waals surface area (Å²) in [5.74, 6) is 0.280. The number of Topliss-reactive ketones (excluding diaryl/α,β-unsaturated/α-hetero) is 2. The third-order valence-corrected chi connectivity index (χ3v) is 6.52. The van der Waals surface area contributed by atoms with E-state index < -0.39 is 0 Å². The average Bonchev–Trinajstić information content (AvgIpc) is 2.95. The van der Waals surface area contributed by atoms with Crippen LogP contribution in [0.2, 0.25) is 0 Å². The Hall–Kier alpha value is -3.94. The van der Waals surface area contributed by atoms with E-state index in [1.165, 1.54) is 11.1 Å². The molecule has 0 atom stereocenters. The molecule has 0 bridgehead atoms. The number of hydrogen-bond donors (Lipinski definition) is 2. The van der Waals surface area contributed by atoms with Gasteiger partial charge in [0.1, 0.15) is 11.4 Å². The van der Waals surface area contributed by atoms with Crippen molar-refractivity contribution in [3.8, 4) is 0 Å². The van der Waals surface area contributed by atoms with E-state index in [4.69, 9.17) is 0 Å². The Labute approximate surface area is 251 Å². The standard InChI is InChI=1S/C34H48N6O2/c1-9-27-11-15-29(16-12-27)37-39-33(31(41)21-23(3)4)25(7)35-19-20-36-26(8)34(32(42)22-24(5)6)40-38-30-17-13-28(10-2)14-18-30/h11-18,23-24,37-38H,9-10,19-22H2,1-8H3/b35-25?,36-26?,39-33-,40-34+. The zero-order valence-electron chi connectivity index (χ0n) is 26.6. The Kier molecular flexibility index (Phi) is 14.5. The number of nitrogens with zero attached hydrogens (tertiary/aromatic N) is 4. The van der Waals surface area contributed by atoms with Crippen molar-refractivity contribution in [3.63, 3.8) is 0 Å². The molecule has 2 N–H and O–H groups in total. The van der Waals surface area contributed by atoms with Gasteiger partial charge in [-0.1, -0.05) is 65.8 Å². The van der Waals surface area contributed by atoms with E-state index in [1.54, 1.807) is 13.8 Å². The van der Waals surface area contributed by atoms with Crippen LogP contribution in [0, 0.1) is 11.8 Å². The first-order valence-electron chi connectivity index (χ1n) is 15.0. The lowest BCUT2D eigenvalue weighted by atomic mass is 10.0. The van der Waals surface area contributed by atoms with Gasteiger partial charge in [0.05, 0.1) is 35.9 Å². The summed E-state index contributed by atoms with van der Waals surface area (Å²) in [7, 11) is 0. The van der Waals surface area contributed by atoms with Crippen LogP contribution in [-0.4, -0.2) is 47.5 Å². The minimum absolute atomic E-state index is 0.0599. The van der Waals surface area contributed by atoms with Crippen LogP contribution < -0.4 is 10.9 Å². The number of rotatable bonds is 17. The molecule has 2 aromatic rings. The lowest BCUT2D eigenvalue weighted by molar-refractivity contribution is -0.114. The van der Waals surface area contributed by atoms with E-state index in [0.29, 0.717) is 48.8 Å². The monoisotopic (exact) mass is 572 g/mol. The normalized spacial score (nSPS) is 13.1. The van der Waals surface area contributed by atoms with Crippen molar-refractivity contribution in [2.24, 2.45) is 32.0 Å². The molecule has 8 heteroatoms. The molecular weight excluding hydrogens is 524 g/mol. The molecule has 0 radical (unpaired) electrons. The fourth-order valence-electron chi connectivity index (χ4n) is 4.08. The summed E-state index contributed by atoms with van der Waals surface area (Å²) in [6, 6.07) is 16.0. The third-order valence-electron chi connectivity index (χ3n) is 6.52. The minimum atomic E-state index is -0.0599. The number of hydrogen-bond acceptors (Lipinski definition) is 8. The van der Waals surface area contributed by atoms with Gasteiger partial charge in [0.2, 0.25) is 0 Å². The number of aryl methyl sites for hydroxylation is 2. The molecule has 0 unspecified atom stereocenters. The number of benzene rings is 2. The Morgan fingerprint density at radius 3 is 1.24 bits per heavy atom. The zero-order chi connectivity index (χ0) is 31.1. The molecule has 2 aromatic carbocycles. The van der Waals surface area contributed by atoms with E-state index in [9.17, 15) is 9.59 Å². The van der Waals surface area contributed by atoms with E-state index in [-0.39, 0.29) is 23.4 Å². The number of carbonyl (C=O) groups is 2. The fourth-order valence-corrected chi connectivity index (χ4v) is 4.08. The predicted molar refractivity (Wildman–Crippen MR) is 179 cm³/mol. The van der Waals surface area contributed by atoms with Crippen molar-refractivity contribution >= 4 is 45.8 Å². The quantitative estimate of drug-likeness (QED) is 0.119. The number of hydrazone groups is 2. The zero-order valence-corrected chi connectivity index (χ0v) is 26.6. The van der Waals surface area contributed by atoms with Crippen molar-refractivity contribution in [3.05, 3.63) is 59.7 Å². The van der Waals surface area contributed by atoms with Gasteiger partial charge in [-0.05, 0) is 73.9 Å². The van der Waals surface area contributed by atoms with Crippen molar-refractivity contribution in [1.29, 1.82) is 0 Å². The van der Waals surface area contributed by atoms with E-state index in [0.717, 1.165) is 24.2 Å². The molecule has 0 amide bonds. The summed E-state index contributed by atoms with van der Waals surface area (Å²) in [6.07, 6.45) is 2.67. The summed E-state index contributed by atoms with van der Waals surface area (Å²) in [6.45, 7) is 16.5. The summed E-state index contributed by atoms with van der Waals surface area (Å²) in [5, 5.41) is 8.88. The second kappa shape index (κ2) is 17.8. The van der Waals surface area contributed by atoms with Crippen LogP contribution in [0.5, 0.6) is 0 Å². The van der Waals surface area contributed by atoms with Crippen molar-refractivity contribution in [2.45, 2.75) is 81.1 Å². The molecule has 0 heterocycles. The SMILES string of the molecule is CCc1ccc(N/N=C(\C(=O)CC(C)C)C(C)=NCCN=C(C)/C(=N\Nc2ccc(CC)cc2)C(=O)CC(C)C)cc1. The Bertz CT molecular complexity index is 1180. The highest BCUT2D eigenvalue weighted by atomic mass is 16.1. The molecule has 8 nitrogen and oxygen atoms in total. The van der Waals surface area contributed by atoms with Gasteiger partial charge in [0, 0.05) is 12.8 Å². The Morgan fingerprint density at radius 2 is 0.952 bits per heavy atom. The lowest BCUT2D eigenvalue weighted by Crippen LogP contribution is -2.26. The third kappa shape index (κ3) is 11.9. The molecule has 0 spiro atoms.